The monoisotopic (exact) mass is 356 g/mol. The van der Waals surface area contributed by atoms with Gasteiger partial charge in [0.25, 0.3) is 0 Å². The second-order valence-electron chi connectivity index (χ2n) is 4.66. The second kappa shape index (κ2) is 6.70. The van der Waals surface area contributed by atoms with Gasteiger partial charge in [0.05, 0.1) is 17.4 Å². The van der Waals surface area contributed by atoms with Crippen molar-refractivity contribution in [1.29, 1.82) is 0 Å². The van der Waals surface area contributed by atoms with Crippen molar-refractivity contribution in [1.82, 2.24) is 20.1 Å². The van der Waals surface area contributed by atoms with Crippen molar-refractivity contribution in [3.05, 3.63) is 44.9 Å². The third-order valence-electron chi connectivity index (χ3n) is 3.25. The van der Waals surface area contributed by atoms with Crippen molar-refractivity contribution in [2.75, 3.05) is 6.54 Å². The molecule has 2 rings (SSSR count). The van der Waals surface area contributed by atoms with Gasteiger partial charge in [0.15, 0.2) is 0 Å². The van der Waals surface area contributed by atoms with Crippen molar-refractivity contribution in [3.63, 3.8) is 0 Å². The molecule has 0 saturated carbocycles. The first-order valence-corrected chi connectivity index (χ1v) is 7.73. The van der Waals surface area contributed by atoms with Crippen LogP contribution in [0.5, 0.6) is 0 Å². The van der Waals surface area contributed by atoms with E-state index in [4.69, 9.17) is 11.6 Å². The number of nitrogens with one attached hydrogen (secondary N) is 1. The molecule has 2 aromatic heterocycles. The van der Waals surface area contributed by atoms with Gasteiger partial charge in [0.1, 0.15) is 5.15 Å². The Hall–Kier alpha value is -0.910. The van der Waals surface area contributed by atoms with Gasteiger partial charge in [-0.25, -0.2) is 0 Å². The van der Waals surface area contributed by atoms with Gasteiger partial charge < -0.3 is 5.32 Å². The number of aryl methyl sites for hydroxylation is 2. The Balaban J connectivity index is 2.33. The lowest BCUT2D eigenvalue weighted by molar-refractivity contribution is 0.533. The molecule has 2 aromatic rings. The first-order chi connectivity index (χ1) is 9.54. The zero-order valence-electron chi connectivity index (χ0n) is 11.8. The fourth-order valence-corrected chi connectivity index (χ4v) is 3.06. The molecule has 1 unspecified atom stereocenters. The molecule has 0 aliphatic heterocycles. The summed E-state index contributed by atoms with van der Waals surface area (Å²) in [4.78, 5) is 4.48. The molecule has 1 atom stereocenters. The number of aromatic nitrogens is 3. The molecule has 0 aliphatic rings. The number of hydrogen-bond acceptors (Lipinski definition) is 3. The van der Waals surface area contributed by atoms with E-state index in [-0.39, 0.29) is 6.04 Å². The van der Waals surface area contributed by atoms with Crippen LogP contribution in [0, 0.1) is 6.92 Å². The van der Waals surface area contributed by atoms with Gasteiger partial charge in [-0.2, -0.15) is 5.10 Å². The Labute approximate surface area is 132 Å². The minimum Gasteiger partial charge on any atom is -0.309 e. The fraction of sp³-hybridized carbons (Fsp3) is 0.429. The third kappa shape index (κ3) is 3.22. The summed E-state index contributed by atoms with van der Waals surface area (Å²) >= 11 is 9.89. The summed E-state index contributed by atoms with van der Waals surface area (Å²) in [6.45, 7) is 4.93. The minimum absolute atomic E-state index is 0.107. The molecule has 0 spiro atoms. The molecular formula is C14H18BrClN4. The number of hydrogen-bond donors (Lipinski definition) is 1. The SMILES string of the molecule is CCNC(Cc1c(C)nn(C)c1Cl)c1ncccc1Br. The van der Waals surface area contributed by atoms with E-state index in [1.165, 1.54) is 0 Å². The molecule has 0 amide bonds. The van der Waals surface area contributed by atoms with Gasteiger partial charge in [-0.3, -0.25) is 9.67 Å². The Kier molecular flexibility index (Phi) is 5.18. The first kappa shape index (κ1) is 15.5. The predicted molar refractivity (Wildman–Crippen MR) is 85.0 cm³/mol. The van der Waals surface area contributed by atoms with Crippen LogP contribution in [0.4, 0.5) is 0 Å². The lowest BCUT2D eigenvalue weighted by Crippen LogP contribution is -2.24. The molecule has 0 radical (unpaired) electrons. The molecule has 4 nitrogen and oxygen atoms in total. The van der Waals surface area contributed by atoms with Crippen LogP contribution in [0.2, 0.25) is 5.15 Å². The fourth-order valence-electron chi connectivity index (χ4n) is 2.28. The lowest BCUT2D eigenvalue weighted by Gasteiger charge is -2.18. The van der Waals surface area contributed by atoms with Crippen LogP contribution in [0.15, 0.2) is 22.8 Å². The Morgan fingerprint density at radius 2 is 2.25 bits per heavy atom. The van der Waals surface area contributed by atoms with Crippen LogP contribution in [-0.2, 0) is 13.5 Å². The summed E-state index contributed by atoms with van der Waals surface area (Å²) in [6.07, 6.45) is 2.57. The summed E-state index contributed by atoms with van der Waals surface area (Å²) < 4.78 is 2.71. The zero-order chi connectivity index (χ0) is 14.7. The van der Waals surface area contributed by atoms with Crippen molar-refractivity contribution < 1.29 is 0 Å². The standard InChI is InChI=1S/C14H18BrClN4/c1-4-17-12(13-11(15)6-5-7-18-13)8-10-9(2)19-20(3)14(10)16/h5-7,12,17H,4,8H2,1-3H3. The normalized spacial score (nSPS) is 12.7. The Bertz CT molecular complexity index is 597. The molecular weight excluding hydrogens is 340 g/mol. The Morgan fingerprint density at radius 3 is 2.80 bits per heavy atom. The number of nitrogens with zero attached hydrogens (tertiary/aromatic N) is 3. The first-order valence-electron chi connectivity index (χ1n) is 6.56. The van der Waals surface area contributed by atoms with E-state index >= 15 is 0 Å². The molecule has 2 heterocycles. The summed E-state index contributed by atoms with van der Waals surface area (Å²) in [5.74, 6) is 0. The van der Waals surface area contributed by atoms with Crippen LogP contribution in [0.1, 0.15) is 29.9 Å². The number of likely N-dealkylation sites (N-methyl/N-ethyl adjacent to an activating group) is 1. The van der Waals surface area contributed by atoms with E-state index in [2.05, 4.69) is 38.3 Å². The van der Waals surface area contributed by atoms with E-state index < -0.39 is 0 Å². The van der Waals surface area contributed by atoms with E-state index in [0.717, 1.165) is 34.4 Å². The highest BCUT2D eigenvalue weighted by Gasteiger charge is 2.20. The highest BCUT2D eigenvalue weighted by atomic mass is 79.9. The molecule has 1 N–H and O–H groups in total. The van der Waals surface area contributed by atoms with Crippen LogP contribution in [0.25, 0.3) is 0 Å². The average Bonchev–Trinajstić information content (AvgIpc) is 2.65. The van der Waals surface area contributed by atoms with Gasteiger partial charge in [-0.1, -0.05) is 18.5 Å². The maximum Gasteiger partial charge on any atom is 0.130 e. The molecule has 0 saturated heterocycles. The quantitative estimate of drug-likeness (QED) is 0.891. The molecule has 0 fully saturated rings. The van der Waals surface area contributed by atoms with Gasteiger partial charge in [-0.15, -0.1) is 0 Å². The summed E-state index contributed by atoms with van der Waals surface area (Å²) in [5, 5.41) is 8.52. The number of rotatable bonds is 5. The number of pyridine rings is 1. The topological polar surface area (TPSA) is 42.7 Å². The molecule has 6 heteroatoms. The molecule has 20 heavy (non-hydrogen) atoms. The molecule has 0 aromatic carbocycles. The second-order valence-corrected chi connectivity index (χ2v) is 5.88. The summed E-state index contributed by atoms with van der Waals surface area (Å²) in [5.41, 5.74) is 3.03. The largest absolute Gasteiger partial charge is 0.309 e. The summed E-state index contributed by atoms with van der Waals surface area (Å²) in [7, 11) is 1.86. The van der Waals surface area contributed by atoms with Crippen molar-refractivity contribution in [3.8, 4) is 0 Å². The van der Waals surface area contributed by atoms with E-state index in [9.17, 15) is 0 Å². The van der Waals surface area contributed by atoms with Gasteiger partial charge in [-0.05, 0) is 48.0 Å². The molecule has 108 valence electrons. The maximum absolute atomic E-state index is 6.33. The van der Waals surface area contributed by atoms with Gasteiger partial charge >= 0.3 is 0 Å². The lowest BCUT2D eigenvalue weighted by atomic mass is 10.0. The number of halogens is 2. The van der Waals surface area contributed by atoms with Crippen LogP contribution in [0.3, 0.4) is 0 Å². The zero-order valence-corrected chi connectivity index (χ0v) is 14.2. The summed E-state index contributed by atoms with van der Waals surface area (Å²) in [6, 6.07) is 4.03. The van der Waals surface area contributed by atoms with Gasteiger partial charge in [0.2, 0.25) is 0 Å². The Morgan fingerprint density at radius 1 is 1.50 bits per heavy atom. The highest BCUT2D eigenvalue weighted by Crippen LogP contribution is 2.28. The molecule has 0 bridgehead atoms. The van der Waals surface area contributed by atoms with Crippen LogP contribution >= 0.6 is 27.5 Å². The maximum atomic E-state index is 6.33. The van der Waals surface area contributed by atoms with E-state index in [1.54, 1.807) is 4.68 Å². The minimum atomic E-state index is 0.107. The predicted octanol–water partition coefficient (Wildman–Crippen LogP) is 3.43. The van der Waals surface area contributed by atoms with E-state index in [0.29, 0.717) is 5.15 Å². The van der Waals surface area contributed by atoms with Gasteiger partial charge in [0, 0.05) is 23.3 Å². The average molecular weight is 358 g/mol. The van der Waals surface area contributed by atoms with Crippen LogP contribution < -0.4 is 5.32 Å². The van der Waals surface area contributed by atoms with Crippen molar-refractivity contribution >= 4 is 27.5 Å². The van der Waals surface area contributed by atoms with Crippen molar-refractivity contribution in [2.45, 2.75) is 26.3 Å². The van der Waals surface area contributed by atoms with E-state index in [1.807, 2.05) is 32.3 Å². The smallest absolute Gasteiger partial charge is 0.130 e. The van der Waals surface area contributed by atoms with Crippen molar-refractivity contribution in [2.24, 2.45) is 7.05 Å². The highest BCUT2D eigenvalue weighted by molar-refractivity contribution is 9.10. The molecule has 0 aliphatic carbocycles. The van der Waals surface area contributed by atoms with Crippen LogP contribution in [-0.4, -0.2) is 21.3 Å². The third-order valence-corrected chi connectivity index (χ3v) is 4.39.